The predicted octanol–water partition coefficient (Wildman–Crippen LogP) is 2.06. The molecule has 2 rings (SSSR count). The Labute approximate surface area is 105 Å². The molecule has 1 fully saturated rings. The van der Waals surface area contributed by atoms with Crippen molar-refractivity contribution >= 4 is 25.8 Å². The molecule has 1 aromatic rings. The molecule has 0 saturated carbocycles. The smallest absolute Gasteiger partial charge is 0.274 e. The van der Waals surface area contributed by atoms with E-state index in [0.29, 0.717) is 0 Å². The number of β-lactam (4-membered cyclic amide) rings is 1. The van der Waals surface area contributed by atoms with Crippen LogP contribution in [0.5, 0.6) is 0 Å². The minimum Gasteiger partial charge on any atom is -0.274 e. The zero-order valence-corrected chi connectivity index (χ0v) is 11.0. The number of hydrogen-bond donors (Lipinski definition) is 0. The Morgan fingerprint density at radius 2 is 1.76 bits per heavy atom. The fourth-order valence-electron chi connectivity index (χ4n) is 2.13. The zero-order valence-electron chi connectivity index (χ0n) is 9.47. The zero-order chi connectivity index (χ0) is 12.8. The van der Waals surface area contributed by atoms with Gasteiger partial charge in [-0.3, -0.25) is 4.79 Å². The van der Waals surface area contributed by atoms with Gasteiger partial charge in [-0.25, -0.2) is 4.31 Å². The second-order valence-electron chi connectivity index (χ2n) is 4.27. The van der Waals surface area contributed by atoms with Gasteiger partial charge in [0.05, 0.1) is 12.5 Å². The summed E-state index contributed by atoms with van der Waals surface area (Å²) in [4.78, 5) is 11.3. The fourth-order valence-corrected chi connectivity index (χ4v) is 3.47. The van der Waals surface area contributed by atoms with Gasteiger partial charge in [-0.15, -0.1) is 0 Å². The Hall–Kier alpha value is -1.07. The van der Waals surface area contributed by atoms with Crippen molar-refractivity contribution in [2.75, 3.05) is 0 Å². The van der Waals surface area contributed by atoms with Gasteiger partial charge in [0.2, 0.25) is 5.91 Å². The van der Waals surface area contributed by atoms with E-state index in [1.54, 1.807) is 0 Å². The largest absolute Gasteiger partial charge is 0.324 e. The number of nitrogens with zero attached hydrogens (tertiary/aromatic N) is 1. The summed E-state index contributed by atoms with van der Waals surface area (Å²) < 4.78 is 23.2. The van der Waals surface area contributed by atoms with E-state index in [-0.39, 0.29) is 6.42 Å². The number of amides is 1. The van der Waals surface area contributed by atoms with Gasteiger partial charge in [0.1, 0.15) is 0 Å². The summed E-state index contributed by atoms with van der Waals surface area (Å²) in [5.74, 6) is -0.454. The van der Waals surface area contributed by atoms with E-state index in [1.165, 1.54) is 0 Å². The molecule has 0 aliphatic carbocycles. The minimum absolute atomic E-state index is 0.189. The maximum Gasteiger partial charge on any atom is 0.324 e. The predicted molar refractivity (Wildman–Crippen MR) is 64.9 cm³/mol. The Kier molecular flexibility index (Phi) is 2.91. The van der Waals surface area contributed by atoms with Crippen LogP contribution < -0.4 is 0 Å². The van der Waals surface area contributed by atoms with Crippen LogP contribution in [0, 0.1) is 13.8 Å². The van der Waals surface area contributed by atoms with E-state index in [0.717, 1.165) is 21.0 Å². The molecule has 0 aromatic heterocycles. The van der Waals surface area contributed by atoms with Gasteiger partial charge in [-0.05, 0) is 19.4 Å². The minimum atomic E-state index is -3.98. The van der Waals surface area contributed by atoms with E-state index < -0.39 is 21.2 Å². The van der Waals surface area contributed by atoms with Gasteiger partial charge in [-0.1, -0.05) is 29.3 Å². The van der Waals surface area contributed by atoms with E-state index in [2.05, 4.69) is 0 Å². The summed E-state index contributed by atoms with van der Waals surface area (Å²) >= 11 is 0. The van der Waals surface area contributed by atoms with Crippen LogP contribution in [0.25, 0.3) is 0 Å². The van der Waals surface area contributed by atoms with Gasteiger partial charge in [0.15, 0.2) is 0 Å². The molecule has 1 heterocycles. The second-order valence-corrected chi connectivity index (χ2v) is 6.66. The van der Waals surface area contributed by atoms with Crippen LogP contribution in [0.15, 0.2) is 18.2 Å². The first-order valence-electron chi connectivity index (χ1n) is 5.14. The maximum absolute atomic E-state index is 11.3. The molecule has 6 heteroatoms. The molecule has 1 unspecified atom stereocenters. The number of benzene rings is 1. The van der Waals surface area contributed by atoms with Crippen LogP contribution in [-0.2, 0) is 14.0 Å². The van der Waals surface area contributed by atoms with Crippen molar-refractivity contribution < 1.29 is 13.2 Å². The molecular weight excluding hydrogens is 262 g/mol. The first-order chi connectivity index (χ1) is 7.79. The summed E-state index contributed by atoms with van der Waals surface area (Å²) in [6.07, 6.45) is 0.189. The number of rotatable bonds is 2. The molecule has 17 heavy (non-hydrogen) atoms. The first-order valence-corrected chi connectivity index (χ1v) is 7.40. The Morgan fingerprint density at radius 3 is 2.18 bits per heavy atom. The molecule has 1 aliphatic heterocycles. The van der Waals surface area contributed by atoms with E-state index in [9.17, 15) is 13.2 Å². The summed E-state index contributed by atoms with van der Waals surface area (Å²) in [7, 11) is 1.25. The van der Waals surface area contributed by atoms with Crippen LogP contribution >= 0.6 is 10.7 Å². The average Bonchev–Trinajstić information content (AvgIpc) is 2.08. The monoisotopic (exact) mass is 273 g/mol. The van der Waals surface area contributed by atoms with Crippen LogP contribution in [0.1, 0.15) is 29.2 Å². The number of aryl methyl sites for hydroxylation is 2. The maximum atomic E-state index is 11.3. The van der Waals surface area contributed by atoms with Gasteiger partial charge in [-0.2, -0.15) is 8.42 Å². The van der Waals surface area contributed by atoms with Crippen LogP contribution in [0.3, 0.4) is 0 Å². The molecule has 4 nitrogen and oxygen atoms in total. The lowest BCUT2D eigenvalue weighted by Gasteiger charge is -2.37. The Morgan fingerprint density at radius 1 is 1.24 bits per heavy atom. The van der Waals surface area contributed by atoms with Gasteiger partial charge >= 0.3 is 9.24 Å². The van der Waals surface area contributed by atoms with Crippen molar-refractivity contribution in [1.29, 1.82) is 0 Å². The molecule has 0 spiro atoms. The van der Waals surface area contributed by atoms with Gasteiger partial charge in [0, 0.05) is 10.7 Å². The van der Waals surface area contributed by atoms with Crippen molar-refractivity contribution in [2.45, 2.75) is 26.3 Å². The SMILES string of the molecule is Cc1cc(C)cc(C2CC(=O)N2S(=O)(=O)Cl)c1. The summed E-state index contributed by atoms with van der Waals surface area (Å²) in [5, 5.41) is 0. The third kappa shape index (κ3) is 2.30. The Bertz CT molecular complexity index is 562. The van der Waals surface area contributed by atoms with Gasteiger partial charge < -0.3 is 0 Å². The quantitative estimate of drug-likeness (QED) is 0.612. The molecule has 1 aliphatic rings. The summed E-state index contributed by atoms with van der Waals surface area (Å²) in [6.45, 7) is 3.85. The van der Waals surface area contributed by atoms with E-state index in [1.807, 2.05) is 32.0 Å². The lowest BCUT2D eigenvalue weighted by Crippen LogP contribution is -2.47. The lowest BCUT2D eigenvalue weighted by atomic mass is 9.94. The highest BCUT2D eigenvalue weighted by atomic mass is 35.7. The average molecular weight is 274 g/mol. The van der Waals surface area contributed by atoms with Gasteiger partial charge in [0.25, 0.3) is 0 Å². The third-order valence-electron chi connectivity index (χ3n) is 2.76. The van der Waals surface area contributed by atoms with Crippen molar-refractivity contribution in [2.24, 2.45) is 0 Å². The van der Waals surface area contributed by atoms with Crippen LogP contribution in [-0.4, -0.2) is 18.6 Å². The number of halogens is 1. The highest BCUT2D eigenvalue weighted by Crippen LogP contribution is 2.38. The van der Waals surface area contributed by atoms with E-state index >= 15 is 0 Å². The lowest BCUT2D eigenvalue weighted by molar-refractivity contribution is -0.137. The van der Waals surface area contributed by atoms with Crippen LogP contribution in [0.4, 0.5) is 0 Å². The standard InChI is InChI=1S/C11H12ClNO3S/c1-7-3-8(2)5-9(4-7)10-6-11(14)13(10)17(12,15)16/h3-5,10H,6H2,1-2H3. The fraction of sp³-hybridized carbons (Fsp3) is 0.364. The van der Waals surface area contributed by atoms with E-state index in [4.69, 9.17) is 10.7 Å². The highest BCUT2D eigenvalue weighted by molar-refractivity contribution is 8.12. The van der Waals surface area contributed by atoms with Crippen molar-refractivity contribution in [3.63, 3.8) is 0 Å². The molecule has 0 bridgehead atoms. The molecule has 1 amide bonds. The molecular formula is C11H12ClNO3S. The topological polar surface area (TPSA) is 54.5 Å². The van der Waals surface area contributed by atoms with Crippen molar-refractivity contribution in [3.05, 3.63) is 34.9 Å². The molecule has 92 valence electrons. The molecule has 1 atom stereocenters. The normalized spacial score (nSPS) is 20.3. The molecule has 0 radical (unpaired) electrons. The summed E-state index contributed by atoms with van der Waals surface area (Å²) in [5.41, 5.74) is 2.88. The first kappa shape index (κ1) is 12.4. The van der Waals surface area contributed by atoms with Crippen molar-refractivity contribution in [3.8, 4) is 0 Å². The number of carbonyl (C=O) groups is 1. The highest BCUT2D eigenvalue weighted by Gasteiger charge is 2.44. The third-order valence-corrected chi connectivity index (χ3v) is 4.13. The van der Waals surface area contributed by atoms with Crippen molar-refractivity contribution in [1.82, 2.24) is 4.31 Å². The summed E-state index contributed by atoms with van der Waals surface area (Å²) in [6, 6.07) is 5.28. The Balaban J connectivity index is 2.39. The number of carbonyl (C=O) groups excluding carboxylic acids is 1. The number of hydrogen-bond acceptors (Lipinski definition) is 3. The molecule has 1 aromatic carbocycles. The second kappa shape index (κ2) is 3.99. The van der Waals surface area contributed by atoms with Crippen LogP contribution in [0.2, 0.25) is 0 Å². The molecule has 0 N–H and O–H groups in total. The molecule has 1 saturated heterocycles.